The summed E-state index contributed by atoms with van der Waals surface area (Å²) in [6, 6.07) is 18.7. The van der Waals surface area contributed by atoms with E-state index in [9.17, 15) is 9.59 Å². The number of anilines is 1. The number of nitrogens with zero attached hydrogens (tertiary/aromatic N) is 2. The molecule has 42 heavy (non-hydrogen) atoms. The van der Waals surface area contributed by atoms with Crippen molar-refractivity contribution in [2.75, 3.05) is 32.2 Å². The summed E-state index contributed by atoms with van der Waals surface area (Å²) in [7, 11) is 3.18. The maximum absolute atomic E-state index is 14.0. The zero-order valence-corrected chi connectivity index (χ0v) is 25.8. The molecule has 3 aromatic rings. The molecule has 0 saturated carbocycles. The van der Waals surface area contributed by atoms with E-state index in [1.165, 1.54) is 0 Å². The number of piperidine rings is 2. The zero-order valence-electron chi connectivity index (χ0n) is 24.2. The second kappa shape index (κ2) is 13.4. The molecule has 0 aliphatic carbocycles. The van der Waals surface area contributed by atoms with Crippen LogP contribution in [0.5, 0.6) is 11.5 Å². The standard InChI is InChI=1S/C33H37Cl2N3O4/c1-21-4-7-27(8-5-21)38-31(39)11-9-28(32(38)23-6-10-29(41-2)30(18-23)42-3)33(40)36-26-12-14-37(15-13-26)20-22-16-24(34)19-25(35)17-22/h4-8,10,16-19,26,28,32H,9,11-15,20H2,1-3H3,(H,36,40). The van der Waals surface area contributed by atoms with E-state index in [0.717, 1.165) is 54.9 Å². The monoisotopic (exact) mass is 609 g/mol. The molecular weight excluding hydrogens is 573 g/mol. The van der Waals surface area contributed by atoms with Crippen LogP contribution < -0.4 is 19.7 Å². The lowest BCUT2D eigenvalue weighted by Gasteiger charge is -2.42. The molecule has 2 saturated heterocycles. The summed E-state index contributed by atoms with van der Waals surface area (Å²) >= 11 is 12.4. The van der Waals surface area contributed by atoms with Gasteiger partial charge in [0.1, 0.15) is 0 Å². The van der Waals surface area contributed by atoms with Gasteiger partial charge in [-0.3, -0.25) is 14.5 Å². The molecule has 2 unspecified atom stereocenters. The average Bonchev–Trinajstić information content (AvgIpc) is 2.97. The first-order chi connectivity index (χ1) is 20.2. The van der Waals surface area contributed by atoms with Crippen LogP contribution in [0.4, 0.5) is 5.69 Å². The van der Waals surface area contributed by atoms with E-state index in [-0.39, 0.29) is 17.9 Å². The highest BCUT2D eigenvalue weighted by Gasteiger charge is 2.42. The molecule has 2 aliphatic rings. The average molecular weight is 611 g/mol. The number of aryl methyl sites for hydroxylation is 1. The number of halogens is 2. The van der Waals surface area contributed by atoms with Gasteiger partial charge in [-0.2, -0.15) is 0 Å². The Morgan fingerprint density at radius 3 is 2.21 bits per heavy atom. The van der Waals surface area contributed by atoms with E-state index in [1.807, 2.05) is 61.5 Å². The number of carbonyl (C=O) groups excluding carboxylic acids is 2. The molecule has 2 amide bonds. The summed E-state index contributed by atoms with van der Waals surface area (Å²) < 4.78 is 11.0. The van der Waals surface area contributed by atoms with Crippen molar-refractivity contribution < 1.29 is 19.1 Å². The third kappa shape index (κ3) is 6.86. The third-order valence-electron chi connectivity index (χ3n) is 8.26. The minimum atomic E-state index is -0.485. The number of hydrogen-bond acceptors (Lipinski definition) is 5. The molecular formula is C33H37Cl2N3O4. The molecule has 2 aliphatic heterocycles. The van der Waals surface area contributed by atoms with Crippen molar-refractivity contribution in [3.63, 3.8) is 0 Å². The largest absolute Gasteiger partial charge is 0.493 e. The van der Waals surface area contributed by atoms with Crippen molar-refractivity contribution in [3.8, 4) is 11.5 Å². The van der Waals surface area contributed by atoms with Crippen LogP contribution >= 0.6 is 23.2 Å². The number of ether oxygens (including phenoxy) is 2. The fraction of sp³-hybridized carbons (Fsp3) is 0.394. The molecule has 2 atom stereocenters. The number of rotatable bonds is 8. The zero-order chi connectivity index (χ0) is 29.8. The second-order valence-electron chi connectivity index (χ2n) is 11.1. The predicted molar refractivity (Wildman–Crippen MR) is 167 cm³/mol. The SMILES string of the molecule is COc1ccc(C2C(C(=O)NC3CCN(Cc4cc(Cl)cc(Cl)c4)CC3)CCC(=O)N2c2ccc(C)cc2)cc1OC. The quantitative estimate of drug-likeness (QED) is 0.312. The molecule has 222 valence electrons. The third-order valence-corrected chi connectivity index (χ3v) is 8.69. The van der Waals surface area contributed by atoms with E-state index in [0.29, 0.717) is 34.4 Å². The summed E-state index contributed by atoms with van der Waals surface area (Å²) in [5.41, 5.74) is 3.79. The molecule has 0 bridgehead atoms. The minimum Gasteiger partial charge on any atom is -0.493 e. The van der Waals surface area contributed by atoms with Crippen LogP contribution in [0.3, 0.4) is 0 Å². The molecule has 1 N–H and O–H groups in total. The van der Waals surface area contributed by atoms with Crippen molar-refractivity contribution in [2.24, 2.45) is 5.92 Å². The fourth-order valence-electron chi connectivity index (χ4n) is 6.10. The van der Waals surface area contributed by atoms with Gasteiger partial charge in [-0.25, -0.2) is 0 Å². The number of amides is 2. The van der Waals surface area contributed by atoms with Crippen LogP contribution in [0.1, 0.15) is 48.4 Å². The van der Waals surface area contributed by atoms with Gasteiger partial charge in [0.25, 0.3) is 0 Å². The second-order valence-corrected chi connectivity index (χ2v) is 12.0. The van der Waals surface area contributed by atoms with Crippen LogP contribution in [-0.2, 0) is 16.1 Å². The maximum atomic E-state index is 14.0. The number of methoxy groups -OCH3 is 2. The van der Waals surface area contributed by atoms with Crippen molar-refractivity contribution in [2.45, 2.75) is 51.2 Å². The lowest BCUT2D eigenvalue weighted by Crippen LogP contribution is -2.51. The van der Waals surface area contributed by atoms with Gasteiger partial charge in [-0.1, -0.05) is 47.0 Å². The minimum absolute atomic E-state index is 0.00267. The van der Waals surface area contributed by atoms with Crippen LogP contribution in [0, 0.1) is 12.8 Å². The molecule has 2 fully saturated rings. The van der Waals surface area contributed by atoms with Crippen molar-refractivity contribution in [3.05, 3.63) is 87.4 Å². The van der Waals surface area contributed by atoms with E-state index in [4.69, 9.17) is 32.7 Å². The first kappa shape index (κ1) is 30.2. The Hall–Kier alpha value is -3.26. The van der Waals surface area contributed by atoms with E-state index < -0.39 is 12.0 Å². The van der Waals surface area contributed by atoms with Crippen LogP contribution in [-0.4, -0.2) is 50.1 Å². The molecule has 0 spiro atoms. The van der Waals surface area contributed by atoms with E-state index in [2.05, 4.69) is 10.2 Å². The van der Waals surface area contributed by atoms with Crippen molar-refractivity contribution in [1.29, 1.82) is 0 Å². The summed E-state index contributed by atoms with van der Waals surface area (Å²) in [5.74, 6) is 0.702. The Bertz CT molecular complexity index is 1400. The lowest BCUT2D eigenvalue weighted by atomic mass is 9.82. The van der Waals surface area contributed by atoms with Gasteiger partial charge in [0, 0.05) is 47.8 Å². The van der Waals surface area contributed by atoms with Gasteiger partial charge >= 0.3 is 0 Å². The van der Waals surface area contributed by atoms with Crippen LogP contribution in [0.15, 0.2) is 60.7 Å². The summed E-state index contributed by atoms with van der Waals surface area (Å²) in [5, 5.41) is 4.60. The summed E-state index contributed by atoms with van der Waals surface area (Å²) in [4.78, 5) is 31.5. The van der Waals surface area contributed by atoms with Crippen LogP contribution in [0.25, 0.3) is 0 Å². The summed E-state index contributed by atoms with van der Waals surface area (Å²) in [6.45, 7) is 4.48. The first-order valence-electron chi connectivity index (χ1n) is 14.3. The topological polar surface area (TPSA) is 71.1 Å². The molecule has 2 heterocycles. The molecule has 7 nitrogen and oxygen atoms in total. The fourth-order valence-corrected chi connectivity index (χ4v) is 6.67. The van der Waals surface area contributed by atoms with Gasteiger partial charge in [-0.15, -0.1) is 0 Å². The molecule has 0 radical (unpaired) electrons. The molecule has 5 rings (SSSR count). The normalized spacial score (nSPS) is 19.9. The molecule has 0 aromatic heterocycles. The molecule has 9 heteroatoms. The van der Waals surface area contributed by atoms with Crippen molar-refractivity contribution >= 4 is 40.7 Å². The summed E-state index contributed by atoms with van der Waals surface area (Å²) in [6.07, 6.45) is 2.46. The Balaban J connectivity index is 1.34. The van der Waals surface area contributed by atoms with E-state index >= 15 is 0 Å². The molecule has 3 aromatic carbocycles. The number of carbonyl (C=O) groups is 2. The highest BCUT2D eigenvalue weighted by atomic mass is 35.5. The number of benzene rings is 3. The predicted octanol–water partition coefficient (Wildman–Crippen LogP) is 6.58. The van der Waals surface area contributed by atoms with Gasteiger partial charge in [-0.05, 0) is 79.8 Å². The Morgan fingerprint density at radius 1 is 0.905 bits per heavy atom. The first-order valence-corrected chi connectivity index (χ1v) is 15.1. The highest BCUT2D eigenvalue weighted by Crippen LogP contribution is 2.42. The van der Waals surface area contributed by atoms with Gasteiger partial charge < -0.3 is 19.7 Å². The smallest absolute Gasteiger partial charge is 0.227 e. The highest BCUT2D eigenvalue weighted by molar-refractivity contribution is 6.34. The van der Waals surface area contributed by atoms with Gasteiger partial charge in [0.2, 0.25) is 11.8 Å². The van der Waals surface area contributed by atoms with Crippen LogP contribution in [0.2, 0.25) is 10.0 Å². The maximum Gasteiger partial charge on any atom is 0.227 e. The number of hydrogen-bond donors (Lipinski definition) is 1. The van der Waals surface area contributed by atoms with Crippen molar-refractivity contribution in [1.82, 2.24) is 10.2 Å². The van der Waals surface area contributed by atoms with E-state index in [1.54, 1.807) is 25.2 Å². The Kier molecular flexibility index (Phi) is 9.61. The number of likely N-dealkylation sites (tertiary alicyclic amines) is 1. The lowest BCUT2D eigenvalue weighted by molar-refractivity contribution is -0.130. The Morgan fingerprint density at radius 2 is 1.57 bits per heavy atom. The van der Waals surface area contributed by atoms with Gasteiger partial charge in [0.15, 0.2) is 11.5 Å². The number of nitrogens with one attached hydrogen (secondary N) is 1. The Labute approximate surface area is 257 Å². The van der Waals surface area contributed by atoms with Gasteiger partial charge in [0.05, 0.1) is 26.2 Å².